The number of hydrogen-bond acceptors (Lipinski definition) is 1. The van der Waals surface area contributed by atoms with Crippen LogP contribution in [0.25, 0.3) is 10.9 Å². The van der Waals surface area contributed by atoms with E-state index in [4.69, 9.17) is 28.9 Å². The Kier molecular flexibility index (Phi) is 2.91. The maximum atomic E-state index is 6.15. The number of aromatic nitrogens is 1. The molecule has 1 heterocycles. The van der Waals surface area contributed by atoms with Crippen molar-refractivity contribution in [3.63, 3.8) is 0 Å². The second-order valence-electron chi connectivity index (χ2n) is 3.57. The fourth-order valence-corrected chi connectivity index (χ4v) is 2.32. The summed E-state index contributed by atoms with van der Waals surface area (Å²) in [5.41, 5.74) is 7.99. The second kappa shape index (κ2) is 4.05. The molecule has 0 saturated heterocycles. The van der Waals surface area contributed by atoms with Gasteiger partial charge in [0.15, 0.2) is 0 Å². The number of rotatable bonds is 2. The predicted octanol–water partition coefficient (Wildman–Crippen LogP) is 3.88. The third kappa shape index (κ3) is 1.85. The van der Waals surface area contributed by atoms with Crippen molar-refractivity contribution in [2.45, 2.75) is 19.4 Å². The summed E-state index contributed by atoms with van der Waals surface area (Å²) in [7, 11) is 0. The molecule has 0 fully saturated rings. The van der Waals surface area contributed by atoms with Gasteiger partial charge in [0.05, 0.1) is 5.02 Å². The summed E-state index contributed by atoms with van der Waals surface area (Å²) < 4.78 is 0. The molecule has 2 rings (SSSR count). The summed E-state index contributed by atoms with van der Waals surface area (Å²) in [6, 6.07) is 3.61. The monoisotopic (exact) mass is 242 g/mol. The molecular formula is C11H12Cl2N2. The molecular weight excluding hydrogens is 231 g/mol. The summed E-state index contributed by atoms with van der Waals surface area (Å²) in [6.45, 7) is 2.05. The Hall–Kier alpha value is -0.700. The first-order chi connectivity index (χ1) is 7.13. The zero-order chi connectivity index (χ0) is 11.0. The van der Waals surface area contributed by atoms with Crippen LogP contribution in [0.4, 0.5) is 0 Å². The Morgan fingerprint density at radius 3 is 2.80 bits per heavy atom. The SMILES string of the molecule is CC[C@@H](N)c1c[nH]c2cc(Cl)cc(Cl)c12. The van der Waals surface area contributed by atoms with E-state index in [0.29, 0.717) is 10.0 Å². The van der Waals surface area contributed by atoms with Crippen LogP contribution in [0.5, 0.6) is 0 Å². The molecule has 1 aromatic heterocycles. The maximum absolute atomic E-state index is 6.15. The lowest BCUT2D eigenvalue weighted by atomic mass is 10.0. The van der Waals surface area contributed by atoms with Crippen LogP contribution < -0.4 is 5.73 Å². The van der Waals surface area contributed by atoms with Gasteiger partial charge in [0.2, 0.25) is 0 Å². The lowest BCUT2D eigenvalue weighted by Crippen LogP contribution is -2.07. The third-order valence-corrected chi connectivity index (χ3v) is 3.08. The summed E-state index contributed by atoms with van der Waals surface area (Å²) in [5.74, 6) is 0. The van der Waals surface area contributed by atoms with Crippen molar-refractivity contribution < 1.29 is 0 Å². The van der Waals surface area contributed by atoms with Crippen molar-refractivity contribution in [2.75, 3.05) is 0 Å². The summed E-state index contributed by atoms with van der Waals surface area (Å²) in [4.78, 5) is 3.14. The average Bonchev–Trinajstić information content (AvgIpc) is 2.60. The molecule has 0 aliphatic carbocycles. The van der Waals surface area contributed by atoms with Gasteiger partial charge in [0.25, 0.3) is 0 Å². The number of fused-ring (bicyclic) bond motifs is 1. The van der Waals surface area contributed by atoms with Crippen molar-refractivity contribution in [3.05, 3.63) is 33.9 Å². The molecule has 0 bridgehead atoms. The van der Waals surface area contributed by atoms with E-state index in [1.807, 2.05) is 19.2 Å². The van der Waals surface area contributed by atoms with Crippen LogP contribution in [0, 0.1) is 0 Å². The molecule has 1 aromatic carbocycles. The first-order valence-electron chi connectivity index (χ1n) is 4.85. The van der Waals surface area contributed by atoms with Crippen molar-refractivity contribution in [1.82, 2.24) is 4.98 Å². The van der Waals surface area contributed by atoms with Gasteiger partial charge in [-0.2, -0.15) is 0 Å². The predicted molar refractivity (Wildman–Crippen MR) is 65.5 cm³/mol. The largest absolute Gasteiger partial charge is 0.361 e. The first kappa shape index (κ1) is 10.8. The number of nitrogens with one attached hydrogen (secondary N) is 1. The van der Waals surface area contributed by atoms with Crippen LogP contribution in [0.1, 0.15) is 24.9 Å². The normalized spacial score (nSPS) is 13.3. The Morgan fingerprint density at radius 2 is 2.13 bits per heavy atom. The van der Waals surface area contributed by atoms with Gasteiger partial charge in [-0.3, -0.25) is 0 Å². The molecule has 2 nitrogen and oxygen atoms in total. The van der Waals surface area contributed by atoms with Crippen LogP contribution in [-0.4, -0.2) is 4.98 Å². The van der Waals surface area contributed by atoms with Crippen LogP contribution in [0.3, 0.4) is 0 Å². The van der Waals surface area contributed by atoms with Crippen LogP contribution >= 0.6 is 23.2 Å². The average molecular weight is 243 g/mol. The summed E-state index contributed by atoms with van der Waals surface area (Å²) in [6.07, 6.45) is 2.78. The first-order valence-corrected chi connectivity index (χ1v) is 5.60. The van der Waals surface area contributed by atoms with Crippen molar-refractivity contribution in [1.29, 1.82) is 0 Å². The molecule has 3 N–H and O–H groups in total. The Bertz CT molecular complexity index is 491. The molecule has 0 aliphatic rings. The number of aromatic amines is 1. The molecule has 0 unspecified atom stereocenters. The highest BCUT2D eigenvalue weighted by molar-refractivity contribution is 6.38. The van der Waals surface area contributed by atoms with E-state index in [-0.39, 0.29) is 6.04 Å². The van der Waals surface area contributed by atoms with Gasteiger partial charge in [0, 0.05) is 28.2 Å². The number of nitrogens with two attached hydrogens (primary N) is 1. The maximum Gasteiger partial charge on any atom is 0.0518 e. The molecule has 0 saturated carbocycles. The van der Waals surface area contributed by atoms with E-state index in [1.165, 1.54) is 0 Å². The van der Waals surface area contributed by atoms with Crippen LogP contribution in [0.15, 0.2) is 18.3 Å². The lowest BCUT2D eigenvalue weighted by Gasteiger charge is -2.07. The van der Waals surface area contributed by atoms with Crippen molar-refractivity contribution in [3.8, 4) is 0 Å². The topological polar surface area (TPSA) is 41.8 Å². The molecule has 4 heteroatoms. The van der Waals surface area contributed by atoms with E-state index >= 15 is 0 Å². The van der Waals surface area contributed by atoms with Crippen molar-refractivity contribution >= 4 is 34.1 Å². The Morgan fingerprint density at radius 1 is 1.40 bits per heavy atom. The fraction of sp³-hybridized carbons (Fsp3) is 0.273. The number of H-pyrrole nitrogens is 1. The zero-order valence-electron chi connectivity index (χ0n) is 8.35. The van der Waals surface area contributed by atoms with E-state index in [9.17, 15) is 0 Å². The van der Waals surface area contributed by atoms with Gasteiger partial charge in [0.1, 0.15) is 0 Å². The van der Waals surface area contributed by atoms with Gasteiger partial charge in [-0.15, -0.1) is 0 Å². The second-order valence-corrected chi connectivity index (χ2v) is 4.41. The molecule has 0 radical (unpaired) electrons. The quantitative estimate of drug-likeness (QED) is 0.825. The number of benzene rings is 1. The Labute approximate surface area is 98.4 Å². The number of hydrogen-bond donors (Lipinski definition) is 2. The van der Waals surface area contributed by atoms with Gasteiger partial charge in [-0.25, -0.2) is 0 Å². The highest BCUT2D eigenvalue weighted by Crippen LogP contribution is 2.33. The smallest absolute Gasteiger partial charge is 0.0518 e. The van der Waals surface area contributed by atoms with Gasteiger partial charge in [-0.05, 0) is 24.1 Å². The third-order valence-electron chi connectivity index (χ3n) is 2.57. The van der Waals surface area contributed by atoms with E-state index in [1.54, 1.807) is 6.07 Å². The molecule has 0 aliphatic heterocycles. The minimum absolute atomic E-state index is 0.0115. The van der Waals surface area contributed by atoms with Gasteiger partial charge >= 0.3 is 0 Å². The highest BCUT2D eigenvalue weighted by Gasteiger charge is 2.13. The van der Waals surface area contributed by atoms with Gasteiger partial charge < -0.3 is 10.7 Å². The minimum atomic E-state index is 0.0115. The van der Waals surface area contributed by atoms with E-state index in [0.717, 1.165) is 22.9 Å². The molecule has 80 valence electrons. The minimum Gasteiger partial charge on any atom is -0.361 e. The standard InChI is InChI=1S/C11H12Cl2N2/c1-2-9(14)7-5-15-10-4-6(12)3-8(13)11(7)10/h3-5,9,15H,2,14H2,1H3/t9-/m1/s1. The molecule has 0 spiro atoms. The highest BCUT2D eigenvalue weighted by atomic mass is 35.5. The molecule has 1 atom stereocenters. The van der Waals surface area contributed by atoms with E-state index < -0.39 is 0 Å². The van der Waals surface area contributed by atoms with Crippen LogP contribution in [0.2, 0.25) is 10.0 Å². The molecule has 15 heavy (non-hydrogen) atoms. The fourth-order valence-electron chi connectivity index (χ4n) is 1.72. The van der Waals surface area contributed by atoms with E-state index in [2.05, 4.69) is 4.98 Å². The van der Waals surface area contributed by atoms with Crippen LogP contribution in [-0.2, 0) is 0 Å². The zero-order valence-corrected chi connectivity index (χ0v) is 9.86. The molecule has 0 amide bonds. The van der Waals surface area contributed by atoms with Crippen molar-refractivity contribution in [2.24, 2.45) is 5.73 Å². The Balaban J connectivity index is 2.69. The number of halogens is 2. The summed E-state index contributed by atoms with van der Waals surface area (Å²) in [5, 5.41) is 2.26. The lowest BCUT2D eigenvalue weighted by molar-refractivity contribution is 0.704. The molecule has 2 aromatic rings. The van der Waals surface area contributed by atoms with Gasteiger partial charge in [-0.1, -0.05) is 30.1 Å². The summed E-state index contributed by atoms with van der Waals surface area (Å²) >= 11 is 12.1.